The molecule has 0 aliphatic carbocycles. The maximum atomic E-state index is 10.1. The van der Waals surface area contributed by atoms with Gasteiger partial charge in [0.25, 0.3) is 0 Å². The summed E-state index contributed by atoms with van der Waals surface area (Å²) in [4.78, 5) is 0. The molecule has 19 heavy (non-hydrogen) atoms. The fraction of sp³-hybridized carbons (Fsp3) is 0.294. The first-order valence-corrected chi connectivity index (χ1v) is 6.81. The molecule has 2 nitrogen and oxygen atoms in total. The molecule has 0 spiro atoms. The fourth-order valence-electron chi connectivity index (χ4n) is 2.04. The van der Waals surface area contributed by atoms with Gasteiger partial charge in [-0.25, -0.2) is 0 Å². The predicted molar refractivity (Wildman–Crippen MR) is 78.9 cm³/mol. The van der Waals surface area contributed by atoms with Gasteiger partial charge in [-0.1, -0.05) is 61.5 Å². The van der Waals surface area contributed by atoms with Crippen LogP contribution in [0.1, 0.15) is 29.7 Å². The van der Waals surface area contributed by atoms with E-state index < -0.39 is 6.10 Å². The second-order valence-electron chi connectivity index (χ2n) is 4.73. The zero-order valence-corrected chi connectivity index (χ0v) is 11.3. The lowest BCUT2D eigenvalue weighted by atomic mass is 10.1. The quantitative estimate of drug-likeness (QED) is 0.831. The second-order valence-corrected chi connectivity index (χ2v) is 4.73. The van der Waals surface area contributed by atoms with Crippen LogP contribution in [0.15, 0.2) is 54.6 Å². The Bertz CT molecular complexity index is 478. The van der Waals surface area contributed by atoms with Crippen molar-refractivity contribution < 1.29 is 5.11 Å². The number of hydrogen-bond donors (Lipinski definition) is 2. The molecule has 0 heterocycles. The SMILES string of the molecule is CCc1ccc(C(O)CNCc2ccccc2)cc1. The molecule has 0 fully saturated rings. The van der Waals surface area contributed by atoms with E-state index in [2.05, 4.69) is 36.5 Å². The summed E-state index contributed by atoms with van der Waals surface area (Å²) < 4.78 is 0. The van der Waals surface area contributed by atoms with Gasteiger partial charge in [0, 0.05) is 13.1 Å². The highest BCUT2D eigenvalue weighted by atomic mass is 16.3. The summed E-state index contributed by atoms with van der Waals surface area (Å²) in [6.07, 6.45) is 0.581. The lowest BCUT2D eigenvalue weighted by Crippen LogP contribution is -2.21. The fourth-order valence-corrected chi connectivity index (χ4v) is 2.04. The van der Waals surface area contributed by atoms with E-state index in [1.54, 1.807) is 0 Å². The van der Waals surface area contributed by atoms with E-state index in [9.17, 15) is 5.11 Å². The van der Waals surface area contributed by atoms with Gasteiger partial charge in [0.1, 0.15) is 0 Å². The summed E-state index contributed by atoms with van der Waals surface area (Å²) in [5, 5.41) is 13.4. The van der Waals surface area contributed by atoms with Crippen molar-refractivity contribution in [2.24, 2.45) is 0 Å². The van der Waals surface area contributed by atoms with Gasteiger partial charge in [-0.2, -0.15) is 0 Å². The van der Waals surface area contributed by atoms with Gasteiger partial charge in [-0.15, -0.1) is 0 Å². The van der Waals surface area contributed by atoms with Gasteiger partial charge in [0.05, 0.1) is 6.10 Å². The van der Waals surface area contributed by atoms with Crippen molar-refractivity contribution in [1.82, 2.24) is 5.32 Å². The van der Waals surface area contributed by atoms with E-state index in [1.165, 1.54) is 11.1 Å². The smallest absolute Gasteiger partial charge is 0.0914 e. The van der Waals surface area contributed by atoms with Crippen molar-refractivity contribution in [3.05, 3.63) is 71.3 Å². The molecule has 0 saturated carbocycles. The number of rotatable bonds is 6. The monoisotopic (exact) mass is 255 g/mol. The second kappa shape index (κ2) is 7.07. The first-order valence-electron chi connectivity index (χ1n) is 6.81. The summed E-state index contributed by atoms with van der Waals surface area (Å²) in [5.41, 5.74) is 3.50. The van der Waals surface area contributed by atoms with Crippen LogP contribution in [0.5, 0.6) is 0 Å². The van der Waals surface area contributed by atoms with Crippen molar-refractivity contribution in [3.63, 3.8) is 0 Å². The number of nitrogens with one attached hydrogen (secondary N) is 1. The lowest BCUT2D eigenvalue weighted by molar-refractivity contribution is 0.174. The standard InChI is InChI=1S/C17H21NO/c1-2-14-8-10-16(11-9-14)17(19)13-18-12-15-6-4-3-5-7-15/h3-11,17-19H,2,12-13H2,1H3. The van der Waals surface area contributed by atoms with Gasteiger partial charge in [-0.3, -0.25) is 0 Å². The number of benzene rings is 2. The van der Waals surface area contributed by atoms with E-state index in [4.69, 9.17) is 0 Å². The molecule has 0 bridgehead atoms. The van der Waals surface area contributed by atoms with E-state index in [1.807, 2.05) is 30.3 Å². The Morgan fingerprint density at radius 2 is 1.63 bits per heavy atom. The van der Waals surface area contributed by atoms with Crippen molar-refractivity contribution in [1.29, 1.82) is 0 Å². The zero-order chi connectivity index (χ0) is 13.5. The minimum absolute atomic E-state index is 0.449. The number of aliphatic hydroxyl groups is 1. The molecule has 1 unspecified atom stereocenters. The Hall–Kier alpha value is -1.64. The van der Waals surface area contributed by atoms with Crippen LogP contribution in [-0.2, 0) is 13.0 Å². The highest BCUT2D eigenvalue weighted by molar-refractivity contribution is 5.24. The molecule has 0 aliphatic heterocycles. The van der Waals surface area contributed by atoms with Crippen molar-refractivity contribution in [3.8, 4) is 0 Å². The molecule has 2 aromatic carbocycles. The molecule has 2 rings (SSSR count). The third-order valence-electron chi connectivity index (χ3n) is 3.28. The number of hydrogen-bond acceptors (Lipinski definition) is 2. The van der Waals surface area contributed by atoms with Crippen LogP contribution in [-0.4, -0.2) is 11.7 Å². The van der Waals surface area contributed by atoms with Crippen molar-refractivity contribution in [2.75, 3.05) is 6.54 Å². The molecule has 2 N–H and O–H groups in total. The summed E-state index contributed by atoms with van der Waals surface area (Å²) in [6, 6.07) is 18.4. The normalized spacial score (nSPS) is 12.3. The van der Waals surface area contributed by atoms with Gasteiger partial charge < -0.3 is 10.4 Å². The van der Waals surface area contributed by atoms with Crippen molar-refractivity contribution >= 4 is 0 Å². The van der Waals surface area contributed by atoms with Crippen LogP contribution in [0.3, 0.4) is 0 Å². The maximum Gasteiger partial charge on any atom is 0.0914 e. The number of aryl methyl sites for hydroxylation is 1. The molecule has 0 aromatic heterocycles. The zero-order valence-electron chi connectivity index (χ0n) is 11.3. The van der Waals surface area contributed by atoms with E-state index in [-0.39, 0.29) is 0 Å². The molecule has 0 saturated heterocycles. The Morgan fingerprint density at radius 3 is 2.26 bits per heavy atom. The topological polar surface area (TPSA) is 32.3 Å². The van der Waals surface area contributed by atoms with Crippen LogP contribution in [0, 0.1) is 0 Å². The summed E-state index contributed by atoms with van der Waals surface area (Å²) in [5.74, 6) is 0. The van der Waals surface area contributed by atoms with Crippen LogP contribution in [0.2, 0.25) is 0 Å². The van der Waals surface area contributed by atoms with Crippen LogP contribution < -0.4 is 5.32 Å². The van der Waals surface area contributed by atoms with E-state index >= 15 is 0 Å². The molecule has 0 radical (unpaired) electrons. The van der Waals surface area contributed by atoms with Gasteiger partial charge in [0.2, 0.25) is 0 Å². The Labute approximate surface area is 115 Å². The molecule has 1 atom stereocenters. The Kier molecular flexibility index (Phi) is 5.13. The molecule has 2 heteroatoms. The van der Waals surface area contributed by atoms with Crippen LogP contribution >= 0.6 is 0 Å². The highest BCUT2D eigenvalue weighted by Gasteiger charge is 2.06. The van der Waals surface area contributed by atoms with Gasteiger partial charge in [0.15, 0.2) is 0 Å². The van der Waals surface area contributed by atoms with Gasteiger partial charge in [-0.05, 0) is 23.1 Å². The Balaban J connectivity index is 1.82. The molecule has 0 aliphatic rings. The molecule has 100 valence electrons. The van der Waals surface area contributed by atoms with Crippen LogP contribution in [0.4, 0.5) is 0 Å². The average Bonchev–Trinajstić information content (AvgIpc) is 2.48. The first-order chi connectivity index (χ1) is 9.29. The van der Waals surface area contributed by atoms with E-state index in [0.29, 0.717) is 6.54 Å². The van der Waals surface area contributed by atoms with Crippen LogP contribution in [0.25, 0.3) is 0 Å². The third-order valence-corrected chi connectivity index (χ3v) is 3.28. The Morgan fingerprint density at radius 1 is 0.947 bits per heavy atom. The lowest BCUT2D eigenvalue weighted by Gasteiger charge is -2.12. The minimum atomic E-state index is -0.449. The number of aliphatic hydroxyl groups excluding tert-OH is 1. The van der Waals surface area contributed by atoms with Crippen molar-refractivity contribution in [2.45, 2.75) is 26.0 Å². The van der Waals surface area contributed by atoms with Gasteiger partial charge >= 0.3 is 0 Å². The highest BCUT2D eigenvalue weighted by Crippen LogP contribution is 2.13. The largest absolute Gasteiger partial charge is 0.387 e. The average molecular weight is 255 g/mol. The first kappa shape index (κ1) is 13.8. The predicted octanol–water partition coefficient (Wildman–Crippen LogP) is 3.07. The summed E-state index contributed by atoms with van der Waals surface area (Å²) >= 11 is 0. The maximum absolute atomic E-state index is 10.1. The van der Waals surface area contributed by atoms with E-state index in [0.717, 1.165) is 18.5 Å². The third kappa shape index (κ3) is 4.19. The molecule has 2 aromatic rings. The molecular weight excluding hydrogens is 234 g/mol. The molecule has 0 amide bonds. The summed E-state index contributed by atoms with van der Waals surface area (Å²) in [6.45, 7) is 3.48. The summed E-state index contributed by atoms with van der Waals surface area (Å²) in [7, 11) is 0. The molecular formula is C17H21NO. The minimum Gasteiger partial charge on any atom is -0.387 e.